The highest BCUT2D eigenvalue weighted by Crippen LogP contribution is 2.31. The molecule has 0 saturated heterocycles. The molecule has 0 aromatic rings. The van der Waals surface area contributed by atoms with Gasteiger partial charge >= 0.3 is 0 Å². The van der Waals surface area contributed by atoms with E-state index in [-0.39, 0.29) is 5.54 Å². The molecule has 0 spiro atoms. The summed E-state index contributed by atoms with van der Waals surface area (Å²) in [5.74, 6) is 0. The minimum Gasteiger partial charge on any atom is -0.324 e. The highest BCUT2D eigenvalue weighted by Gasteiger charge is 2.37. The van der Waals surface area contributed by atoms with E-state index in [0.29, 0.717) is 5.41 Å². The van der Waals surface area contributed by atoms with Gasteiger partial charge in [-0.15, -0.1) is 0 Å². The summed E-state index contributed by atoms with van der Waals surface area (Å²) in [5.41, 5.74) is 6.54. The molecule has 0 unspecified atom stereocenters. The van der Waals surface area contributed by atoms with E-state index in [1.165, 1.54) is 19.3 Å². The second-order valence-electron chi connectivity index (χ2n) is 5.35. The Bertz CT molecular complexity index is 135. The molecule has 0 atom stereocenters. The minimum absolute atomic E-state index is 0.165. The minimum atomic E-state index is 0.165. The van der Waals surface area contributed by atoms with E-state index in [2.05, 4.69) is 26.1 Å². The zero-order valence-corrected chi connectivity index (χ0v) is 8.61. The number of nitrogens with one attached hydrogen (secondary N) is 1. The Labute approximate surface area is 75.9 Å². The Morgan fingerprint density at radius 2 is 1.92 bits per heavy atom. The molecule has 1 rings (SSSR count). The Balaban J connectivity index is 1.96. The monoisotopic (exact) mass is 170 g/mol. The molecule has 0 radical (unpaired) electrons. The van der Waals surface area contributed by atoms with Crippen molar-refractivity contribution in [2.75, 3.05) is 13.1 Å². The summed E-state index contributed by atoms with van der Waals surface area (Å²) in [4.78, 5) is 0. The first kappa shape index (κ1) is 10.0. The quantitative estimate of drug-likeness (QED) is 0.628. The van der Waals surface area contributed by atoms with E-state index in [1.807, 2.05) is 0 Å². The van der Waals surface area contributed by atoms with Crippen LogP contribution in [0.5, 0.6) is 0 Å². The van der Waals surface area contributed by atoms with Crippen LogP contribution in [0.4, 0.5) is 0 Å². The molecule has 2 heteroatoms. The lowest BCUT2D eigenvalue weighted by atomic mass is 9.92. The number of hydrogen-bond acceptors (Lipinski definition) is 2. The van der Waals surface area contributed by atoms with E-state index in [1.54, 1.807) is 0 Å². The summed E-state index contributed by atoms with van der Waals surface area (Å²) in [5, 5.41) is 3.42. The standard InChI is InChI=1S/C10H22N2/c1-9(2,3)6-7-12-8-10(11)4-5-10/h12H,4-8,11H2,1-3H3. The van der Waals surface area contributed by atoms with E-state index in [0.717, 1.165) is 13.1 Å². The van der Waals surface area contributed by atoms with Crippen LogP contribution in [0.25, 0.3) is 0 Å². The van der Waals surface area contributed by atoms with Crippen molar-refractivity contribution in [1.29, 1.82) is 0 Å². The zero-order chi connectivity index (χ0) is 9.24. The first-order chi connectivity index (χ1) is 5.41. The predicted molar refractivity (Wildman–Crippen MR) is 53.1 cm³/mol. The average Bonchev–Trinajstić information content (AvgIpc) is 2.60. The molecule has 0 aliphatic heterocycles. The fourth-order valence-electron chi connectivity index (χ4n) is 1.14. The van der Waals surface area contributed by atoms with Crippen molar-refractivity contribution < 1.29 is 0 Å². The summed E-state index contributed by atoms with van der Waals surface area (Å²) in [7, 11) is 0. The summed E-state index contributed by atoms with van der Waals surface area (Å²) >= 11 is 0. The van der Waals surface area contributed by atoms with Gasteiger partial charge in [0, 0.05) is 12.1 Å². The van der Waals surface area contributed by atoms with Gasteiger partial charge in [-0.1, -0.05) is 20.8 Å². The lowest BCUT2D eigenvalue weighted by Crippen LogP contribution is -2.37. The average molecular weight is 170 g/mol. The molecule has 0 bridgehead atoms. The van der Waals surface area contributed by atoms with Gasteiger partial charge in [0.15, 0.2) is 0 Å². The third kappa shape index (κ3) is 4.07. The summed E-state index contributed by atoms with van der Waals surface area (Å²) in [6.45, 7) is 8.91. The van der Waals surface area contributed by atoms with Gasteiger partial charge in [0.25, 0.3) is 0 Å². The molecule has 0 aromatic heterocycles. The van der Waals surface area contributed by atoms with Crippen LogP contribution in [-0.4, -0.2) is 18.6 Å². The van der Waals surface area contributed by atoms with E-state index < -0.39 is 0 Å². The Kier molecular flexibility index (Phi) is 2.79. The lowest BCUT2D eigenvalue weighted by molar-refractivity contribution is 0.363. The second kappa shape index (κ2) is 3.35. The first-order valence-corrected chi connectivity index (χ1v) is 4.91. The molecule has 0 amide bonds. The maximum absolute atomic E-state index is 5.93. The van der Waals surface area contributed by atoms with Gasteiger partial charge in [-0.2, -0.15) is 0 Å². The Hall–Kier alpha value is -0.0800. The zero-order valence-electron chi connectivity index (χ0n) is 8.61. The molecule has 1 fully saturated rings. The topological polar surface area (TPSA) is 38.0 Å². The number of hydrogen-bond donors (Lipinski definition) is 2. The lowest BCUT2D eigenvalue weighted by Gasteiger charge is -2.19. The van der Waals surface area contributed by atoms with Gasteiger partial charge in [0.05, 0.1) is 0 Å². The predicted octanol–water partition coefficient (Wildman–Crippen LogP) is 1.50. The van der Waals surface area contributed by atoms with Crippen molar-refractivity contribution in [3.63, 3.8) is 0 Å². The van der Waals surface area contributed by atoms with Gasteiger partial charge in [-0.3, -0.25) is 0 Å². The second-order valence-corrected chi connectivity index (χ2v) is 5.35. The summed E-state index contributed by atoms with van der Waals surface area (Å²) < 4.78 is 0. The van der Waals surface area contributed by atoms with Crippen LogP contribution < -0.4 is 11.1 Å². The van der Waals surface area contributed by atoms with Gasteiger partial charge in [-0.25, -0.2) is 0 Å². The Morgan fingerprint density at radius 3 is 2.33 bits per heavy atom. The van der Waals surface area contributed by atoms with Gasteiger partial charge in [0.1, 0.15) is 0 Å². The van der Waals surface area contributed by atoms with Crippen molar-refractivity contribution in [3.05, 3.63) is 0 Å². The van der Waals surface area contributed by atoms with Crippen LogP contribution in [0.1, 0.15) is 40.0 Å². The van der Waals surface area contributed by atoms with Crippen LogP contribution in [0, 0.1) is 5.41 Å². The fourth-order valence-corrected chi connectivity index (χ4v) is 1.14. The van der Waals surface area contributed by atoms with Crippen LogP contribution in [0.3, 0.4) is 0 Å². The highest BCUT2D eigenvalue weighted by atomic mass is 15.0. The van der Waals surface area contributed by atoms with Crippen molar-refractivity contribution in [2.24, 2.45) is 11.1 Å². The molecule has 72 valence electrons. The molecule has 12 heavy (non-hydrogen) atoms. The fraction of sp³-hybridized carbons (Fsp3) is 1.00. The molecular weight excluding hydrogens is 148 g/mol. The largest absolute Gasteiger partial charge is 0.324 e. The molecular formula is C10H22N2. The van der Waals surface area contributed by atoms with Gasteiger partial charge in [0.2, 0.25) is 0 Å². The molecule has 1 aliphatic rings. The van der Waals surface area contributed by atoms with E-state index in [9.17, 15) is 0 Å². The van der Waals surface area contributed by atoms with Gasteiger partial charge in [-0.05, 0) is 31.2 Å². The van der Waals surface area contributed by atoms with E-state index in [4.69, 9.17) is 5.73 Å². The molecule has 3 N–H and O–H groups in total. The maximum Gasteiger partial charge on any atom is 0.0282 e. The summed E-state index contributed by atoms with van der Waals surface area (Å²) in [6, 6.07) is 0. The normalized spacial score (nSPS) is 21.0. The van der Waals surface area contributed by atoms with Crippen LogP contribution in [0.2, 0.25) is 0 Å². The highest BCUT2D eigenvalue weighted by molar-refractivity contribution is 5.00. The van der Waals surface area contributed by atoms with Crippen molar-refractivity contribution in [2.45, 2.75) is 45.6 Å². The summed E-state index contributed by atoms with van der Waals surface area (Å²) in [6.07, 6.45) is 3.63. The Morgan fingerprint density at radius 1 is 1.33 bits per heavy atom. The number of nitrogens with two attached hydrogens (primary N) is 1. The number of rotatable bonds is 4. The molecule has 0 aromatic carbocycles. The van der Waals surface area contributed by atoms with Crippen LogP contribution in [0.15, 0.2) is 0 Å². The molecule has 2 nitrogen and oxygen atoms in total. The third-order valence-corrected chi connectivity index (χ3v) is 2.42. The van der Waals surface area contributed by atoms with Crippen molar-refractivity contribution in [1.82, 2.24) is 5.32 Å². The van der Waals surface area contributed by atoms with Crippen molar-refractivity contribution in [3.8, 4) is 0 Å². The van der Waals surface area contributed by atoms with E-state index >= 15 is 0 Å². The molecule has 1 saturated carbocycles. The third-order valence-electron chi connectivity index (χ3n) is 2.42. The van der Waals surface area contributed by atoms with Gasteiger partial charge < -0.3 is 11.1 Å². The molecule has 0 heterocycles. The smallest absolute Gasteiger partial charge is 0.0282 e. The SMILES string of the molecule is CC(C)(C)CCNCC1(N)CC1. The molecule has 1 aliphatic carbocycles. The van der Waals surface area contributed by atoms with Crippen molar-refractivity contribution >= 4 is 0 Å². The first-order valence-electron chi connectivity index (χ1n) is 4.91. The van der Waals surface area contributed by atoms with Crippen LogP contribution >= 0.6 is 0 Å². The van der Waals surface area contributed by atoms with Crippen LogP contribution in [-0.2, 0) is 0 Å². The maximum atomic E-state index is 5.93.